The molecule has 1 unspecified atom stereocenters. The summed E-state index contributed by atoms with van der Waals surface area (Å²) in [5.41, 5.74) is 0.153. The first-order valence-electron chi connectivity index (χ1n) is 6.07. The van der Waals surface area contributed by atoms with Crippen LogP contribution in [0.1, 0.15) is 11.6 Å². The first kappa shape index (κ1) is 14.4. The van der Waals surface area contributed by atoms with Gasteiger partial charge in [0.2, 0.25) is 0 Å². The van der Waals surface area contributed by atoms with E-state index in [4.69, 9.17) is 4.74 Å². The quantitative estimate of drug-likeness (QED) is 0.902. The van der Waals surface area contributed by atoms with Gasteiger partial charge < -0.3 is 10.1 Å². The second-order valence-corrected chi connectivity index (χ2v) is 4.25. The molecule has 0 saturated heterocycles. The summed E-state index contributed by atoms with van der Waals surface area (Å²) in [4.78, 5) is 0. The fourth-order valence-corrected chi connectivity index (χ4v) is 1.87. The van der Waals surface area contributed by atoms with E-state index >= 15 is 0 Å². The van der Waals surface area contributed by atoms with Crippen molar-refractivity contribution in [1.82, 2.24) is 5.32 Å². The van der Waals surface area contributed by atoms with Gasteiger partial charge in [-0.25, -0.2) is 0 Å². The number of hydrogen-bond acceptors (Lipinski definition) is 2. The molecule has 0 fully saturated rings. The number of alkyl halides is 3. The number of nitrogens with one attached hydrogen (secondary N) is 1. The molecular formula is C15H14F3NO. The molecule has 0 aromatic heterocycles. The molecule has 1 N–H and O–H groups in total. The predicted octanol–water partition coefficient (Wildman–Crippen LogP) is 4.30. The summed E-state index contributed by atoms with van der Waals surface area (Å²) >= 11 is 0. The number of rotatable bonds is 4. The second kappa shape index (κ2) is 5.96. The monoisotopic (exact) mass is 281 g/mol. The summed E-state index contributed by atoms with van der Waals surface area (Å²) < 4.78 is 43.8. The highest BCUT2D eigenvalue weighted by Crippen LogP contribution is 2.33. The van der Waals surface area contributed by atoms with E-state index in [2.05, 4.69) is 5.32 Å². The van der Waals surface area contributed by atoms with Gasteiger partial charge in [0.25, 0.3) is 0 Å². The Labute approximate surface area is 115 Å². The first-order chi connectivity index (χ1) is 9.50. The molecule has 0 radical (unpaired) electrons. The van der Waals surface area contributed by atoms with Crippen molar-refractivity contribution in [1.29, 1.82) is 0 Å². The van der Waals surface area contributed by atoms with E-state index in [-0.39, 0.29) is 5.56 Å². The van der Waals surface area contributed by atoms with E-state index < -0.39 is 12.2 Å². The lowest BCUT2D eigenvalue weighted by molar-refractivity contribution is -0.156. The van der Waals surface area contributed by atoms with Crippen LogP contribution in [0.15, 0.2) is 54.6 Å². The highest BCUT2D eigenvalue weighted by atomic mass is 19.4. The van der Waals surface area contributed by atoms with E-state index in [1.54, 1.807) is 12.1 Å². The second-order valence-electron chi connectivity index (χ2n) is 4.25. The SMILES string of the molecule is CNC(c1ccc(Oc2ccccc2)cc1)C(F)(F)F. The van der Waals surface area contributed by atoms with Gasteiger partial charge in [0.1, 0.15) is 17.5 Å². The van der Waals surface area contributed by atoms with E-state index in [1.165, 1.54) is 31.3 Å². The van der Waals surface area contributed by atoms with Crippen molar-refractivity contribution in [3.8, 4) is 11.5 Å². The number of ether oxygens (including phenoxy) is 1. The molecule has 1 atom stereocenters. The molecule has 0 bridgehead atoms. The van der Waals surface area contributed by atoms with Crippen LogP contribution in [-0.2, 0) is 0 Å². The van der Waals surface area contributed by atoms with Crippen LogP contribution in [0.2, 0.25) is 0 Å². The third-order valence-corrected chi connectivity index (χ3v) is 2.81. The van der Waals surface area contributed by atoms with Crippen LogP contribution >= 0.6 is 0 Å². The van der Waals surface area contributed by atoms with Crippen LogP contribution in [0.4, 0.5) is 13.2 Å². The third kappa shape index (κ3) is 3.51. The Balaban J connectivity index is 2.14. The van der Waals surface area contributed by atoms with Crippen molar-refractivity contribution in [3.63, 3.8) is 0 Å². The van der Waals surface area contributed by atoms with Gasteiger partial charge in [-0.05, 0) is 36.9 Å². The number of hydrogen-bond donors (Lipinski definition) is 1. The Bertz CT molecular complexity index is 537. The summed E-state index contributed by atoms with van der Waals surface area (Å²) in [6, 6.07) is 13.3. The van der Waals surface area contributed by atoms with Crippen molar-refractivity contribution in [2.24, 2.45) is 0 Å². The zero-order valence-corrected chi connectivity index (χ0v) is 10.8. The van der Waals surface area contributed by atoms with Gasteiger partial charge in [0.05, 0.1) is 0 Å². The van der Waals surface area contributed by atoms with E-state index in [0.29, 0.717) is 11.5 Å². The Hall–Kier alpha value is -2.01. The van der Waals surface area contributed by atoms with Gasteiger partial charge in [0, 0.05) is 0 Å². The van der Waals surface area contributed by atoms with Crippen LogP contribution in [0.25, 0.3) is 0 Å². The lowest BCUT2D eigenvalue weighted by Gasteiger charge is -2.20. The molecule has 0 spiro atoms. The smallest absolute Gasteiger partial charge is 0.407 e. The fourth-order valence-electron chi connectivity index (χ4n) is 1.87. The standard InChI is InChI=1S/C15H14F3NO/c1-19-14(15(16,17)18)11-7-9-13(10-8-11)20-12-5-3-2-4-6-12/h2-10,14,19H,1H3. The van der Waals surface area contributed by atoms with Crippen LogP contribution in [-0.4, -0.2) is 13.2 Å². The van der Waals surface area contributed by atoms with Crippen LogP contribution in [0.3, 0.4) is 0 Å². The van der Waals surface area contributed by atoms with E-state index in [0.717, 1.165) is 0 Å². The molecule has 2 aromatic carbocycles. The molecule has 106 valence electrons. The molecule has 2 rings (SSSR count). The van der Waals surface area contributed by atoms with Crippen molar-refractivity contribution in [3.05, 3.63) is 60.2 Å². The third-order valence-electron chi connectivity index (χ3n) is 2.81. The Kier molecular flexibility index (Phi) is 4.29. The lowest BCUT2D eigenvalue weighted by Crippen LogP contribution is -2.31. The van der Waals surface area contributed by atoms with Crippen molar-refractivity contribution < 1.29 is 17.9 Å². The van der Waals surface area contributed by atoms with E-state index in [1.807, 2.05) is 18.2 Å². The molecule has 2 aromatic rings. The molecule has 0 saturated carbocycles. The van der Waals surface area contributed by atoms with Gasteiger partial charge in [-0.3, -0.25) is 0 Å². The minimum absolute atomic E-state index is 0.153. The Morgan fingerprint density at radius 3 is 1.95 bits per heavy atom. The molecule has 0 aliphatic carbocycles. The van der Waals surface area contributed by atoms with Crippen LogP contribution < -0.4 is 10.1 Å². The maximum atomic E-state index is 12.8. The molecule has 0 amide bonds. The summed E-state index contributed by atoms with van der Waals surface area (Å²) in [6.07, 6.45) is -4.32. The largest absolute Gasteiger partial charge is 0.457 e. The molecule has 0 heterocycles. The molecular weight excluding hydrogens is 267 g/mol. The summed E-state index contributed by atoms with van der Waals surface area (Å²) in [6.45, 7) is 0. The molecule has 20 heavy (non-hydrogen) atoms. The zero-order chi connectivity index (χ0) is 14.6. The Morgan fingerprint density at radius 2 is 1.45 bits per heavy atom. The number of benzene rings is 2. The topological polar surface area (TPSA) is 21.3 Å². The highest BCUT2D eigenvalue weighted by molar-refractivity contribution is 5.34. The predicted molar refractivity (Wildman–Crippen MR) is 70.8 cm³/mol. The van der Waals surface area contributed by atoms with Crippen LogP contribution in [0, 0.1) is 0 Å². The van der Waals surface area contributed by atoms with Gasteiger partial charge in [0.15, 0.2) is 0 Å². The summed E-state index contributed by atoms with van der Waals surface area (Å²) in [7, 11) is 1.28. The minimum Gasteiger partial charge on any atom is -0.457 e. The van der Waals surface area contributed by atoms with Crippen LogP contribution in [0.5, 0.6) is 11.5 Å². The van der Waals surface area contributed by atoms with Crippen molar-refractivity contribution >= 4 is 0 Å². The summed E-state index contributed by atoms with van der Waals surface area (Å²) in [5, 5.41) is 2.26. The average molecular weight is 281 g/mol. The highest BCUT2D eigenvalue weighted by Gasteiger charge is 2.39. The Morgan fingerprint density at radius 1 is 0.900 bits per heavy atom. The molecule has 0 aliphatic rings. The first-order valence-corrected chi connectivity index (χ1v) is 6.07. The minimum atomic E-state index is -4.32. The maximum absolute atomic E-state index is 12.8. The summed E-state index contributed by atoms with van der Waals surface area (Å²) in [5.74, 6) is 1.14. The lowest BCUT2D eigenvalue weighted by atomic mass is 10.1. The van der Waals surface area contributed by atoms with Gasteiger partial charge >= 0.3 is 6.18 Å². The molecule has 0 aliphatic heterocycles. The van der Waals surface area contributed by atoms with Crippen molar-refractivity contribution in [2.75, 3.05) is 7.05 Å². The van der Waals surface area contributed by atoms with Gasteiger partial charge in [-0.2, -0.15) is 13.2 Å². The fraction of sp³-hybridized carbons (Fsp3) is 0.200. The van der Waals surface area contributed by atoms with E-state index in [9.17, 15) is 13.2 Å². The number of halogens is 3. The maximum Gasteiger partial charge on any atom is 0.407 e. The zero-order valence-electron chi connectivity index (χ0n) is 10.8. The molecule has 2 nitrogen and oxygen atoms in total. The number of para-hydroxylation sites is 1. The average Bonchev–Trinajstić information content (AvgIpc) is 2.41. The van der Waals surface area contributed by atoms with Gasteiger partial charge in [-0.1, -0.05) is 30.3 Å². The molecule has 5 heteroatoms. The van der Waals surface area contributed by atoms with Gasteiger partial charge in [-0.15, -0.1) is 0 Å². The van der Waals surface area contributed by atoms with Crippen molar-refractivity contribution in [2.45, 2.75) is 12.2 Å². The normalized spacial score (nSPS) is 13.0.